The van der Waals surface area contributed by atoms with Crippen LogP contribution in [-0.4, -0.2) is 40.6 Å². The van der Waals surface area contributed by atoms with Crippen molar-refractivity contribution in [3.8, 4) is 5.75 Å². The molecule has 0 aliphatic heterocycles. The molecule has 7 heteroatoms. The highest BCUT2D eigenvalue weighted by Gasteiger charge is 2.12. The van der Waals surface area contributed by atoms with Crippen LogP contribution < -0.4 is 15.6 Å². The summed E-state index contributed by atoms with van der Waals surface area (Å²) in [5, 5.41) is 5.01. The van der Waals surface area contributed by atoms with Crippen molar-refractivity contribution < 1.29 is 13.2 Å². The monoisotopic (exact) mass is 273 g/mol. The summed E-state index contributed by atoms with van der Waals surface area (Å²) in [5.41, 5.74) is 5.71. The van der Waals surface area contributed by atoms with Gasteiger partial charge < -0.3 is 15.4 Å². The van der Waals surface area contributed by atoms with E-state index in [4.69, 9.17) is 15.6 Å². The average molecular weight is 273 g/mol. The number of sulfonamides is 1. The van der Waals surface area contributed by atoms with Crippen molar-refractivity contribution in [2.75, 3.05) is 33.0 Å². The van der Waals surface area contributed by atoms with Crippen LogP contribution in [-0.2, 0) is 10.0 Å². The molecule has 1 rings (SSSR count). The first kappa shape index (κ1) is 14.7. The van der Waals surface area contributed by atoms with Gasteiger partial charge in [0, 0.05) is 12.6 Å². The Hall–Kier alpha value is -1.31. The zero-order valence-corrected chi connectivity index (χ0v) is 11.4. The lowest BCUT2D eigenvalue weighted by Crippen LogP contribution is -2.16. The highest BCUT2D eigenvalue weighted by molar-refractivity contribution is 7.89. The van der Waals surface area contributed by atoms with E-state index < -0.39 is 10.0 Å². The van der Waals surface area contributed by atoms with Gasteiger partial charge in [0.05, 0.1) is 12.3 Å². The second-order valence-electron chi connectivity index (χ2n) is 4.25. The van der Waals surface area contributed by atoms with Crippen LogP contribution in [0.1, 0.15) is 6.42 Å². The maximum absolute atomic E-state index is 11.2. The van der Waals surface area contributed by atoms with Crippen LogP contribution in [0.4, 0.5) is 5.69 Å². The number of nitrogens with two attached hydrogens (primary N) is 2. The molecule has 0 aliphatic carbocycles. The number of rotatable bonds is 6. The summed E-state index contributed by atoms with van der Waals surface area (Å²) in [4.78, 5) is 1.98. The van der Waals surface area contributed by atoms with E-state index in [1.165, 1.54) is 12.1 Å². The smallest absolute Gasteiger partial charge is 0.240 e. The van der Waals surface area contributed by atoms with Gasteiger partial charge in [-0.2, -0.15) is 0 Å². The van der Waals surface area contributed by atoms with Gasteiger partial charge in [0.15, 0.2) is 0 Å². The molecule has 0 aromatic heterocycles. The van der Waals surface area contributed by atoms with Crippen LogP contribution in [0.3, 0.4) is 0 Å². The molecule has 0 bridgehead atoms. The third kappa shape index (κ3) is 4.52. The molecule has 0 saturated carbocycles. The zero-order valence-electron chi connectivity index (χ0n) is 10.6. The summed E-state index contributed by atoms with van der Waals surface area (Å²) in [5.74, 6) is 0.540. The Morgan fingerprint density at radius 3 is 2.50 bits per heavy atom. The molecule has 0 unspecified atom stereocenters. The van der Waals surface area contributed by atoms with Crippen molar-refractivity contribution in [1.82, 2.24) is 4.90 Å². The van der Waals surface area contributed by atoms with Gasteiger partial charge in [-0.3, -0.25) is 0 Å². The third-order valence-corrected chi connectivity index (χ3v) is 3.29. The van der Waals surface area contributed by atoms with Gasteiger partial charge in [-0.05, 0) is 32.6 Å². The normalized spacial score (nSPS) is 11.8. The lowest BCUT2D eigenvalue weighted by molar-refractivity contribution is 0.281. The van der Waals surface area contributed by atoms with Crippen LogP contribution in [0, 0.1) is 0 Å². The van der Waals surface area contributed by atoms with Crippen LogP contribution in [0.5, 0.6) is 5.75 Å². The maximum atomic E-state index is 11.2. The Bertz CT molecular complexity index is 500. The summed E-state index contributed by atoms with van der Waals surface area (Å²) in [7, 11) is 0.196. The second kappa shape index (κ2) is 6.03. The Kier molecular flexibility index (Phi) is 4.94. The second-order valence-corrected chi connectivity index (χ2v) is 5.78. The highest BCUT2D eigenvalue weighted by Crippen LogP contribution is 2.22. The van der Waals surface area contributed by atoms with E-state index in [0.717, 1.165) is 13.0 Å². The van der Waals surface area contributed by atoms with Crippen molar-refractivity contribution in [3.05, 3.63) is 18.2 Å². The standard InChI is InChI=1S/C11H19N3O3S/c1-14(2)6-3-7-17-9-4-5-11(10(12)8-9)18(13,15)16/h4-5,8H,3,6-7,12H2,1-2H3,(H2,13,15,16). The first-order chi connectivity index (χ1) is 8.30. The average Bonchev–Trinajstić information content (AvgIpc) is 2.22. The fourth-order valence-corrected chi connectivity index (χ4v) is 2.09. The fourth-order valence-electron chi connectivity index (χ4n) is 1.45. The predicted molar refractivity (Wildman–Crippen MR) is 70.9 cm³/mol. The minimum absolute atomic E-state index is 0.0804. The van der Waals surface area contributed by atoms with Crippen molar-refractivity contribution in [1.29, 1.82) is 0 Å². The van der Waals surface area contributed by atoms with Crippen LogP contribution in [0.2, 0.25) is 0 Å². The number of benzene rings is 1. The first-order valence-corrected chi connectivity index (χ1v) is 7.05. The zero-order chi connectivity index (χ0) is 13.8. The molecule has 1 aromatic carbocycles. The Morgan fingerprint density at radius 2 is 2.00 bits per heavy atom. The predicted octanol–water partition coefficient (Wildman–Crippen LogP) is 0.247. The maximum Gasteiger partial charge on any atom is 0.240 e. The lowest BCUT2D eigenvalue weighted by Gasteiger charge is -2.11. The van der Waals surface area contributed by atoms with Gasteiger partial charge in [-0.15, -0.1) is 0 Å². The molecule has 0 aliphatic rings. The van der Waals surface area contributed by atoms with E-state index in [1.807, 2.05) is 14.1 Å². The quantitative estimate of drug-likeness (QED) is 0.571. The third-order valence-electron chi connectivity index (χ3n) is 2.31. The van der Waals surface area contributed by atoms with Crippen molar-refractivity contribution in [2.24, 2.45) is 5.14 Å². The molecule has 0 heterocycles. The Labute approximate surface area is 108 Å². The minimum Gasteiger partial charge on any atom is -0.493 e. The molecule has 6 nitrogen and oxygen atoms in total. The summed E-state index contributed by atoms with van der Waals surface area (Å²) < 4.78 is 27.8. The number of ether oxygens (including phenoxy) is 1. The summed E-state index contributed by atoms with van der Waals surface area (Å²) in [6.45, 7) is 1.47. The van der Waals surface area contributed by atoms with Crippen LogP contribution in [0.15, 0.2) is 23.1 Å². The van der Waals surface area contributed by atoms with E-state index in [1.54, 1.807) is 6.07 Å². The lowest BCUT2D eigenvalue weighted by atomic mass is 10.3. The molecule has 0 spiro atoms. The summed E-state index contributed by atoms with van der Waals surface area (Å²) in [6.07, 6.45) is 0.879. The number of anilines is 1. The molecule has 102 valence electrons. The van der Waals surface area contributed by atoms with Crippen molar-refractivity contribution in [3.63, 3.8) is 0 Å². The van der Waals surface area contributed by atoms with Gasteiger partial charge in [0.2, 0.25) is 10.0 Å². The van der Waals surface area contributed by atoms with Crippen molar-refractivity contribution in [2.45, 2.75) is 11.3 Å². The number of hydrogen-bond donors (Lipinski definition) is 2. The number of nitrogen functional groups attached to an aromatic ring is 1. The van der Waals surface area contributed by atoms with Gasteiger partial charge in [0.1, 0.15) is 10.6 Å². The van der Waals surface area contributed by atoms with Gasteiger partial charge in [0.25, 0.3) is 0 Å². The van der Waals surface area contributed by atoms with Gasteiger partial charge >= 0.3 is 0 Å². The number of primary sulfonamides is 1. The molecule has 0 amide bonds. The van der Waals surface area contributed by atoms with Crippen LogP contribution in [0.25, 0.3) is 0 Å². The molecule has 18 heavy (non-hydrogen) atoms. The Morgan fingerprint density at radius 1 is 1.33 bits per heavy atom. The van der Waals surface area contributed by atoms with E-state index >= 15 is 0 Å². The van der Waals surface area contributed by atoms with Crippen LogP contribution >= 0.6 is 0 Å². The van der Waals surface area contributed by atoms with Crippen molar-refractivity contribution >= 4 is 15.7 Å². The SMILES string of the molecule is CN(C)CCCOc1ccc(S(N)(=O)=O)c(N)c1. The molecule has 0 atom stereocenters. The van der Waals surface area contributed by atoms with E-state index in [2.05, 4.69) is 4.90 Å². The fraction of sp³-hybridized carbons (Fsp3) is 0.455. The molecule has 0 saturated heterocycles. The molecular formula is C11H19N3O3S. The molecule has 0 radical (unpaired) electrons. The largest absolute Gasteiger partial charge is 0.493 e. The van der Waals surface area contributed by atoms with E-state index in [0.29, 0.717) is 12.4 Å². The van der Waals surface area contributed by atoms with E-state index in [9.17, 15) is 8.42 Å². The summed E-state index contributed by atoms with van der Waals surface area (Å²) >= 11 is 0. The van der Waals surface area contributed by atoms with Gasteiger partial charge in [-0.25, -0.2) is 13.6 Å². The van der Waals surface area contributed by atoms with Gasteiger partial charge in [-0.1, -0.05) is 0 Å². The summed E-state index contributed by atoms with van der Waals surface area (Å²) in [6, 6.07) is 4.37. The number of hydrogen-bond acceptors (Lipinski definition) is 5. The topological polar surface area (TPSA) is 98.6 Å². The van der Waals surface area contributed by atoms with E-state index in [-0.39, 0.29) is 10.6 Å². The Balaban J connectivity index is 2.63. The minimum atomic E-state index is -3.77. The molecule has 1 aromatic rings. The molecular weight excluding hydrogens is 254 g/mol. The highest BCUT2D eigenvalue weighted by atomic mass is 32.2. The molecule has 4 N–H and O–H groups in total. The first-order valence-electron chi connectivity index (χ1n) is 5.50. The number of nitrogens with zero attached hydrogens (tertiary/aromatic N) is 1. The molecule has 0 fully saturated rings.